The molecule has 3 unspecified atom stereocenters. The lowest BCUT2D eigenvalue weighted by atomic mass is 9.77. The van der Waals surface area contributed by atoms with Gasteiger partial charge in [0.05, 0.1) is 12.5 Å². The maximum Gasteiger partial charge on any atom is 0.220 e. The molecule has 3 aromatic carbocycles. The summed E-state index contributed by atoms with van der Waals surface area (Å²) in [5, 5.41) is 25.2. The number of aliphatic hydroxyl groups is 2. The number of fused-ring (bicyclic) bond motifs is 1. The van der Waals surface area contributed by atoms with Crippen molar-refractivity contribution in [1.82, 2.24) is 14.5 Å². The van der Waals surface area contributed by atoms with E-state index in [1.165, 1.54) is 10.9 Å². The first-order valence-electron chi connectivity index (χ1n) is 13.1. The Morgan fingerprint density at radius 3 is 2.19 bits per heavy atom. The number of methoxy groups -OCH3 is 1. The fraction of sp³-hybridized carbons (Fsp3) is 0.152. The van der Waals surface area contributed by atoms with Gasteiger partial charge < -0.3 is 25.0 Å². The molecule has 0 spiro atoms. The van der Waals surface area contributed by atoms with Crippen molar-refractivity contribution in [2.45, 2.75) is 23.5 Å². The molecule has 0 amide bonds. The van der Waals surface area contributed by atoms with Crippen molar-refractivity contribution in [3.63, 3.8) is 0 Å². The minimum Gasteiger partial charge on any atom is -0.497 e. The van der Waals surface area contributed by atoms with Crippen LogP contribution in [0.3, 0.4) is 0 Å². The highest BCUT2D eigenvalue weighted by Gasteiger charge is 2.54. The van der Waals surface area contributed by atoms with Crippen molar-refractivity contribution < 1.29 is 24.1 Å². The van der Waals surface area contributed by atoms with Gasteiger partial charge in [-0.1, -0.05) is 85.3 Å². The van der Waals surface area contributed by atoms with Crippen molar-refractivity contribution >= 4 is 16.9 Å². The topological polar surface area (TPSA) is 102 Å². The number of anilines is 1. The van der Waals surface area contributed by atoms with E-state index in [4.69, 9.17) is 15.9 Å². The highest BCUT2D eigenvalue weighted by molar-refractivity contribution is 5.89. The second-order valence-electron chi connectivity index (χ2n) is 9.95. The Morgan fingerprint density at radius 2 is 1.62 bits per heavy atom. The molecule has 5 aromatic rings. The van der Waals surface area contributed by atoms with Crippen molar-refractivity contribution in [3.8, 4) is 18.1 Å². The van der Waals surface area contributed by atoms with E-state index >= 15 is 4.39 Å². The summed E-state index contributed by atoms with van der Waals surface area (Å²) in [6.45, 7) is 3.63. The molecule has 8 nitrogen and oxygen atoms in total. The monoisotopic (exact) mass is 562 g/mol. The van der Waals surface area contributed by atoms with Crippen LogP contribution in [-0.2, 0) is 10.3 Å². The zero-order chi connectivity index (χ0) is 29.5. The number of nitrogens with zero attached hydrogens (tertiary/aromatic N) is 3. The molecule has 3 heterocycles. The summed E-state index contributed by atoms with van der Waals surface area (Å²) < 4.78 is 28.2. The standard InChI is InChI=1S/C33H27FN4O4/c1-4-32(40)28(39)21(2)42-31(32)38-19-26(34)27-29(35-20-36-30(27)38)37-33(22-11-7-5-8-12-22,23-13-9-6-10-14-23)24-15-17-25(41-3)18-16-24/h1,5-20,28,31,39-40H,2H2,3H3,(H,35,36,37). The van der Waals surface area contributed by atoms with Gasteiger partial charge >= 0.3 is 0 Å². The quantitative estimate of drug-likeness (QED) is 0.194. The van der Waals surface area contributed by atoms with E-state index in [1.54, 1.807) is 7.11 Å². The molecule has 0 saturated carbocycles. The van der Waals surface area contributed by atoms with E-state index in [0.29, 0.717) is 5.75 Å². The molecule has 210 valence electrons. The predicted molar refractivity (Wildman–Crippen MR) is 156 cm³/mol. The molecule has 42 heavy (non-hydrogen) atoms. The zero-order valence-corrected chi connectivity index (χ0v) is 22.6. The molecule has 6 rings (SSSR count). The lowest BCUT2D eigenvalue weighted by Gasteiger charge is -2.37. The third-order valence-electron chi connectivity index (χ3n) is 7.65. The summed E-state index contributed by atoms with van der Waals surface area (Å²) in [4.78, 5) is 8.79. The summed E-state index contributed by atoms with van der Waals surface area (Å²) in [7, 11) is 1.60. The van der Waals surface area contributed by atoms with Crippen LogP contribution in [0.15, 0.2) is 110 Å². The number of halogens is 1. The van der Waals surface area contributed by atoms with Crippen LogP contribution in [0, 0.1) is 18.2 Å². The number of hydrogen-bond acceptors (Lipinski definition) is 7. The maximum absolute atomic E-state index is 15.9. The van der Waals surface area contributed by atoms with Crippen LogP contribution in [0.2, 0.25) is 0 Å². The van der Waals surface area contributed by atoms with Crippen molar-refractivity contribution in [3.05, 3.63) is 132 Å². The van der Waals surface area contributed by atoms with Crippen molar-refractivity contribution in [2.75, 3.05) is 12.4 Å². The Morgan fingerprint density at radius 1 is 1.02 bits per heavy atom. The first-order valence-corrected chi connectivity index (χ1v) is 13.1. The zero-order valence-electron chi connectivity index (χ0n) is 22.6. The van der Waals surface area contributed by atoms with Crippen LogP contribution in [0.4, 0.5) is 10.2 Å². The number of benzene rings is 3. The maximum atomic E-state index is 15.9. The molecule has 0 radical (unpaired) electrons. The van der Waals surface area contributed by atoms with Crippen LogP contribution in [0.25, 0.3) is 11.0 Å². The molecule has 1 aliphatic rings. The first-order chi connectivity index (χ1) is 20.3. The summed E-state index contributed by atoms with van der Waals surface area (Å²) >= 11 is 0. The Bertz CT molecular complexity index is 1760. The van der Waals surface area contributed by atoms with E-state index in [1.807, 2.05) is 84.9 Å². The Hall–Kier alpha value is -5.17. The smallest absolute Gasteiger partial charge is 0.220 e. The lowest BCUT2D eigenvalue weighted by molar-refractivity contribution is -0.0629. The number of terminal acetylenes is 1. The lowest BCUT2D eigenvalue weighted by Crippen LogP contribution is -2.43. The minimum atomic E-state index is -2.20. The molecule has 3 N–H and O–H groups in total. The molecule has 2 aromatic heterocycles. The second kappa shape index (κ2) is 10.3. The van der Waals surface area contributed by atoms with E-state index < -0.39 is 29.3 Å². The molecule has 0 bridgehead atoms. The van der Waals surface area contributed by atoms with Crippen molar-refractivity contribution in [1.29, 1.82) is 0 Å². The van der Waals surface area contributed by atoms with E-state index in [-0.39, 0.29) is 22.6 Å². The number of ether oxygens (including phenoxy) is 2. The van der Waals surface area contributed by atoms with Gasteiger partial charge in [0.1, 0.15) is 29.2 Å². The SMILES string of the molecule is C#CC1(O)C(O)C(=C)OC1n1cc(F)c2c(NC(c3ccccc3)(c3ccccc3)c3ccc(OC)cc3)ncnc21. The number of nitrogens with one attached hydrogen (secondary N) is 1. The van der Waals surface area contributed by atoms with Gasteiger partial charge in [-0.25, -0.2) is 14.4 Å². The molecule has 1 fully saturated rings. The first kappa shape index (κ1) is 27.0. The van der Waals surface area contributed by atoms with Gasteiger partial charge in [0, 0.05) is 6.20 Å². The third-order valence-corrected chi connectivity index (χ3v) is 7.65. The molecule has 3 atom stereocenters. The highest BCUT2D eigenvalue weighted by atomic mass is 19.1. The Kier molecular flexibility index (Phi) is 6.65. The fourth-order valence-corrected chi connectivity index (χ4v) is 5.52. The molecule has 1 saturated heterocycles. The normalized spacial score (nSPS) is 20.2. The van der Waals surface area contributed by atoms with Gasteiger partial charge in [-0.15, -0.1) is 6.42 Å². The highest BCUT2D eigenvalue weighted by Crippen LogP contribution is 2.44. The van der Waals surface area contributed by atoms with E-state index in [9.17, 15) is 10.2 Å². The van der Waals surface area contributed by atoms with Crippen LogP contribution in [0.1, 0.15) is 22.9 Å². The Balaban J connectivity index is 1.59. The number of rotatable bonds is 7. The van der Waals surface area contributed by atoms with Crippen LogP contribution in [-0.4, -0.2) is 43.6 Å². The van der Waals surface area contributed by atoms with Crippen LogP contribution < -0.4 is 10.1 Å². The molecular weight excluding hydrogens is 535 g/mol. The predicted octanol–water partition coefficient (Wildman–Crippen LogP) is 4.75. The van der Waals surface area contributed by atoms with Gasteiger partial charge in [-0.05, 0) is 28.8 Å². The summed E-state index contributed by atoms with van der Waals surface area (Å²) in [6.07, 6.45) is 5.02. The molecule has 9 heteroatoms. The second-order valence-corrected chi connectivity index (χ2v) is 9.95. The molecule has 1 aliphatic heterocycles. The molecule has 0 aliphatic carbocycles. The van der Waals surface area contributed by atoms with E-state index in [2.05, 4.69) is 27.8 Å². The van der Waals surface area contributed by atoms with Crippen molar-refractivity contribution in [2.24, 2.45) is 0 Å². The summed E-state index contributed by atoms with van der Waals surface area (Å²) in [5.74, 6) is 2.22. The molecular formula is C33H27FN4O4. The number of aliphatic hydroxyl groups excluding tert-OH is 1. The third kappa shape index (κ3) is 4.08. The van der Waals surface area contributed by atoms with Gasteiger partial charge in [-0.2, -0.15) is 0 Å². The average molecular weight is 563 g/mol. The van der Waals surface area contributed by atoms with E-state index in [0.717, 1.165) is 22.9 Å². The van der Waals surface area contributed by atoms with Gasteiger partial charge in [0.15, 0.2) is 17.6 Å². The van der Waals surface area contributed by atoms with Gasteiger partial charge in [0.2, 0.25) is 11.8 Å². The van der Waals surface area contributed by atoms with Gasteiger partial charge in [0.25, 0.3) is 0 Å². The average Bonchev–Trinajstić information content (AvgIpc) is 3.49. The minimum absolute atomic E-state index is 0.0391. The summed E-state index contributed by atoms with van der Waals surface area (Å²) in [6, 6.07) is 27.1. The van der Waals surface area contributed by atoms with Gasteiger partial charge in [-0.3, -0.25) is 4.57 Å². The number of aromatic nitrogens is 3. The Labute approximate surface area is 241 Å². The largest absolute Gasteiger partial charge is 0.497 e. The fourth-order valence-electron chi connectivity index (χ4n) is 5.52. The van der Waals surface area contributed by atoms with Crippen LogP contribution >= 0.6 is 0 Å². The summed E-state index contributed by atoms with van der Waals surface area (Å²) in [5.41, 5.74) is -0.572. The number of hydrogen-bond donors (Lipinski definition) is 3. The van der Waals surface area contributed by atoms with Crippen LogP contribution in [0.5, 0.6) is 5.75 Å².